The van der Waals surface area contributed by atoms with E-state index >= 15 is 0 Å². The first-order chi connectivity index (χ1) is 13.7. The van der Waals surface area contributed by atoms with Gasteiger partial charge in [-0.1, -0.05) is 35.3 Å². The first-order valence-electron chi connectivity index (χ1n) is 8.08. The van der Waals surface area contributed by atoms with Crippen LogP contribution in [0.4, 0.5) is 14.6 Å². The third-order valence-electron chi connectivity index (χ3n) is 3.99. The monoisotopic (exact) mass is 459 g/mol. The van der Waals surface area contributed by atoms with Crippen LogP contribution in [0.3, 0.4) is 0 Å². The van der Waals surface area contributed by atoms with E-state index < -0.39 is 26.4 Å². The molecule has 0 fully saturated rings. The lowest BCUT2D eigenvalue weighted by atomic mass is 10.2. The van der Waals surface area contributed by atoms with E-state index in [9.17, 15) is 22.0 Å². The number of anilines is 1. The Hall–Kier alpha value is -2.49. The molecule has 1 N–H and O–H groups in total. The van der Waals surface area contributed by atoms with E-state index in [0.29, 0.717) is 21.4 Å². The Kier molecular flexibility index (Phi) is 6.21. The molecule has 0 radical (unpaired) electrons. The van der Waals surface area contributed by atoms with Crippen molar-refractivity contribution >= 4 is 44.8 Å². The average Bonchev–Trinajstić information content (AvgIpc) is 3.12. The summed E-state index contributed by atoms with van der Waals surface area (Å²) >= 11 is 12.2. The normalized spacial score (nSPS) is 11.6. The van der Waals surface area contributed by atoms with Gasteiger partial charge in [-0.25, -0.2) is 13.1 Å². The zero-order valence-electron chi connectivity index (χ0n) is 14.5. The number of hydrogen-bond acceptors (Lipinski definition) is 4. The molecule has 2 aromatic carbocycles. The molecule has 0 atom stereocenters. The summed E-state index contributed by atoms with van der Waals surface area (Å²) in [4.78, 5) is 11.9. The summed E-state index contributed by atoms with van der Waals surface area (Å²) in [6.07, 6.45) is 1.48. The second-order valence-electron chi connectivity index (χ2n) is 5.87. The van der Waals surface area contributed by atoms with Gasteiger partial charge in [-0.2, -0.15) is 13.9 Å². The quantitative estimate of drug-likeness (QED) is 0.588. The molecule has 1 heterocycles. The molecule has 0 bridgehead atoms. The van der Waals surface area contributed by atoms with Gasteiger partial charge < -0.3 is 5.32 Å². The van der Waals surface area contributed by atoms with Crippen molar-refractivity contribution in [3.05, 3.63) is 75.9 Å². The molecule has 29 heavy (non-hydrogen) atoms. The summed E-state index contributed by atoms with van der Waals surface area (Å²) in [6.45, 7) is 0.244. The summed E-state index contributed by atoms with van der Waals surface area (Å²) < 4.78 is 49.6. The number of aromatic nitrogens is 2. The Balaban J connectivity index is 1.77. The van der Waals surface area contributed by atoms with Gasteiger partial charge in [0.2, 0.25) is 9.84 Å². The van der Waals surface area contributed by atoms with Crippen molar-refractivity contribution in [2.45, 2.75) is 17.2 Å². The van der Waals surface area contributed by atoms with Crippen molar-refractivity contribution in [2.75, 3.05) is 5.32 Å². The van der Waals surface area contributed by atoms with E-state index in [1.54, 1.807) is 24.3 Å². The molecular formula is C18H13Cl2F2N3O3S. The van der Waals surface area contributed by atoms with Crippen LogP contribution in [0, 0.1) is 0 Å². The number of amides is 1. The highest BCUT2D eigenvalue weighted by Crippen LogP contribution is 2.27. The number of hydrogen-bond donors (Lipinski definition) is 1. The first kappa shape index (κ1) is 21.2. The summed E-state index contributed by atoms with van der Waals surface area (Å²) in [5.41, 5.74) is 0.784. The first-order valence-corrected chi connectivity index (χ1v) is 10.4. The maximum Gasteiger partial charge on any atom is 0.341 e. The Morgan fingerprint density at radius 2 is 1.79 bits per heavy atom. The van der Waals surface area contributed by atoms with Gasteiger partial charge in [0.15, 0.2) is 0 Å². The fourth-order valence-corrected chi connectivity index (χ4v) is 3.59. The minimum absolute atomic E-state index is 0.0896. The summed E-state index contributed by atoms with van der Waals surface area (Å²) in [6, 6.07) is 10.9. The topological polar surface area (TPSA) is 81.1 Å². The number of nitrogens with one attached hydrogen (secondary N) is 1. The Morgan fingerprint density at radius 1 is 1.10 bits per heavy atom. The number of sulfone groups is 1. The van der Waals surface area contributed by atoms with Crippen LogP contribution in [-0.4, -0.2) is 29.9 Å². The summed E-state index contributed by atoms with van der Waals surface area (Å²) in [7, 11) is -4.72. The van der Waals surface area contributed by atoms with Crippen LogP contribution in [0.25, 0.3) is 0 Å². The smallest absolute Gasteiger partial charge is 0.307 e. The fourth-order valence-electron chi connectivity index (χ4n) is 2.48. The van der Waals surface area contributed by atoms with Gasteiger partial charge in [-0.3, -0.25) is 4.79 Å². The van der Waals surface area contributed by atoms with Gasteiger partial charge in [-0.15, -0.1) is 0 Å². The number of carbonyl (C=O) groups is 1. The number of benzene rings is 2. The highest BCUT2D eigenvalue weighted by molar-refractivity contribution is 7.91. The maximum absolute atomic E-state index is 12.6. The standard InChI is InChI=1S/C18H13Cl2F2N3O3S/c19-14-3-1-2-12(16(14)20)10-25-15(8-9-23-25)24-17(26)11-4-6-13(7-5-11)29(27,28)18(21)22/h1-9,18H,10H2,(H,24,26). The molecule has 152 valence electrons. The second-order valence-corrected chi connectivity index (χ2v) is 8.57. The van der Waals surface area contributed by atoms with Crippen LogP contribution < -0.4 is 5.32 Å². The molecule has 11 heteroatoms. The lowest BCUT2D eigenvalue weighted by Gasteiger charge is -2.11. The lowest BCUT2D eigenvalue weighted by molar-refractivity contribution is 0.102. The molecule has 0 aliphatic rings. The van der Waals surface area contributed by atoms with Crippen LogP contribution >= 0.6 is 23.2 Å². The van der Waals surface area contributed by atoms with Crippen LogP contribution in [0.15, 0.2) is 59.6 Å². The number of alkyl halides is 2. The van der Waals surface area contributed by atoms with E-state index in [2.05, 4.69) is 10.4 Å². The zero-order valence-corrected chi connectivity index (χ0v) is 16.8. The van der Waals surface area contributed by atoms with Crippen molar-refractivity contribution < 1.29 is 22.0 Å². The van der Waals surface area contributed by atoms with Crippen LogP contribution in [-0.2, 0) is 16.4 Å². The Morgan fingerprint density at radius 3 is 2.45 bits per heavy atom. The number of rotatable bonds is 6. The zero-order chi connectivity index (χ0) is 21.2. The molecule has 1 amide bonds. The molecule has 6 nitrogen and oxygen atoms in total. The highest BCUT2D eigenvalue weighted by Gasteiger charge is 2.26. The fraction of sp³-hybridized carbons (Fsp3) is 0.111. The van der Waals surface area contributed by atoms with Crippen LogP contribution in [0.2, 0.25) is 10.0 Å². The number of nitrogens with zero attached hydrogens (tertiary/aromatic N) is 2. The molecule has 3 aromatic rings. The lowest BCUT2D eigenvalue weighted by Crippen LogP contribution is -2.17. The molecule has 0 saturated carbocycles. The minimum atomic E-state index is -4.72. The summed E-state index contributed by atoms with van der Waals surface area (Å²) in [5.74, 6) is -3.74. The molecule has 3 rings (SSSR count). The van der Waals surface area contributed by atoms with E-state index in [-0.39, 0.29) is 12.1 Å². The summed E-state index contributed by atoms with van der Waals surface area (Å²) in [5, 5.41) is 7.52. The molecular weight excluding hydrogens is 447 g/mol. The third-order valence-corrected chi connectivity index (χ3v) is 6.25. The third kappa shape index (κ3) is 4.58. The van der Waals surface area contributed by atoms with Crippen molar-refractivity contribution in [3.8, 4) is 0 Å². The number of carbonyl (C=O) groups excluding carboxylic acids is 1. The van der Waals surface area contributed by atoms with Crippen molar-refractivity contribution in [3.63, 3.8) is 0 Å². The van der Waals surface area contributed by atoms with E-state index in [1.807, 2.05) is 0 Å². The minimum Gasteiger partial charge on any atom is -0.307 e. The molecule has 1 aromatic heterocycles. The predicted octanol–water partition coefficient (Wildman–Crippen LogP) is 4.49. The van der Waals surface area contributed by atoms with Gasteiger partial charge in [0, 0.05) is 11.6 Å². The van der Waals surface area contributed by atoms with Gasteiger partial charge in [0.1, 0.15) is 5.82 Å². The van der Waals surface area contributed by atoms with Crippen molar-refractivity contribution in [1.82, 2.24) is 9.78 Å². The van der Waals surface area contributed by atoms with E-state index in [0.717, 1.165) is 24.3 Å². The molecule has 0 saturated heterocycles. The van der Waals surface area contributed by atoms with E-state index in [1.165, 1.54) is 10.9 Å². The average molecular weight is 460 g/mol. The van der Waals surface area contributed by atoms with Crippen LogP contribution in [0.5, 0.6) is 0 Å². The molecule has 0 aliphatic heterocycles. The molecule has 0 unspecified atom stereocenters. The Bertz CT molecular complexity index is 1150. The van der Waals surface area contributed by atoms with Gasteiger partial charge in [-0.05, 0) is 35.9 Å². The largest absolute Gasteiger partial charge is 0.341 e. The molecule has 0 spiro atoms. The Labute approximate surface area is 175 Å². The predicted molar refractivity (Wildman–Crippen MR) is 105 cm³/mol. The van der Waals surface area contributed by atoms with Gasteiger partial charge in [0.05, 0.1) is 27.7 Å². The highest BCUT2D eigenvalue weighted by atomic mass is 35.5. The van der Waals surface area contributed by atoms with Crippen LogP contribution in [0.1, 0.15) is 15.9 Å². The van der Waals surface area contributed by atoms with Gasteiger partial charge >= 0.3 is 5.76 Å². The van der Waals surface area contributed by atoms with E-state index in [4.69, 9.17) is 23.2 Å². The van der Waals surface area contributed by atoms with Crippen molar-refractivity contribution in [2.24, 2.45) is 0 Å². The maximum atomic E-state index is 12.6. The van der Waals surface area contributed by atoms with Crippen molar-refractivity contribution in [1.29, 1.82) is 0 Å². The molecule has 0 aliphatic carbocycles. The van der Waals surface area contributed by atoms with Gasteiger partial charge in [0.25, 0.3) is 5.91 Å². The second kappa shape index (κ2) is 8.48. The SMILES string of the molecule is O=C(Nc1ccnn1Cc1cccc(Cl)c1Cl)c1ccc(S(=O)(=O)C(F)F)cc1. The number of halogens is 4.